The Labute approximate surface area is 359 Å². The number of aliphatic hydroxyl groups is 3. The molecule has 3 aromatic heterocycles. The number of nitrogens with two attached hydrogens (primary N) is 1. The first kappa shape index (κ1) is 51.2. The van der Waals surface area contributed by atoms with Crippen LogP contribution in [0.5, 0.6) is 0 Å². The third-order valence-corrected chi connectivity index (χ3v) is 14.8. The average molecular weight is 982 g/mol. The van der Waals surface area contributed by atoms with Gasteiger partial charge in [-0.1, -0.05) is 31.7 Å². The van der Waals surface area contributed by atoms with E-state index < -0.39 is 90.2 Å². The second-order valence-electron chi connectivity index (χ2n) is 14.0. The van der Waals surface area contributed by atoms with Crippen molar-refractivity contribution in [1.82, 2.24) is 30.2 Å². The van der Waals surface area contributed by atoms with Gasteiger partial charge in [0.15, 0.2) is 22.3 Å². The summed E-state index contributed by atoms with van der Waals surface area (Å²) in [5.74, 6) is -0.917. The maximum Gasteiger partial charge on any atom is 0.481 e. The number of amides is 2. The maximum atomic E-state index is 12.8. The summed E-state index contributed by atoms with van der Waals surface area (Å²) in [5, 5.41) is 38.4. The zero-order valence-corrected chi connectivity index (χ0v) is 37.6. The van der Waals surface area contributed by atoms with Gasteiger partial charge in [0.05, 0.1) is 29.9 Å². The van der Waals surface area contributed by atoms with E-state index in [9.17, 15) is 63.0 Å². The molecule has 8 unspecified atom stereocenters. The molecule has 0 spiro atoms. The van der Waals surface area contributed by atoms with Crippen molar-refractivity contribution in [3.8, 4) is 0 Å². The normalized spacial score (nSPS) is 22.6. The molecule has 1 fully saturated rings. The van der Waals surface area contributed by atoms with Crippen LogP contribution in [0.15, 0.2) is 34.4 Å². The molecule has 0 aliphatic carbocycles. The number of aromatic nitrogens is 4. The molecule has 342 valence electrons. The summed E-state index contributed by atoms with van der Waals surface area (Å²) in [6.45, 7) is 1.56. The van der Waals surface area contributed by atoms with E-state index in [1.807, 2.05) is 17.5 Å². The lowest BCUT2D eigenvalue weighted by atomic mass is 9.87. The predicted molar refractivity (Wildman–Crippen MR) is 217 cm³/mol. The van der Waals surface area contributed by atoms with E-state index in [2.05, 4.69) is 29.9 Å². The van der Waals surface area contributed by atoms with Gasteiger partial charge in [-0.25, -0.2) is 28.6 Å². The highest BCUT2D eigenvalue weighted by Crippen LogP contribution is 2.61. The van der Waals surface area contributed by atoms with Crippen molar-refractivity contribution in [2.45, 2.75) is 74.1 Å². The van der Waals surface area contributed by atoms with Gasteiger partial charge in [0.25, 0.3) is 0 Å². The van der Waals surface area contributed by atoms with Crippen molar-refractivity contribution in [2.75, 3.05) is 43.5 Å². The zero-order valence-electron chi connectivity index (χ0n) is 32.5. The molecule has 0 saturated carbocycles. The number of ether oxygens (including phenoxy) is 1. The van der Waals surface area contributed by atoms with E-state index >= 15 is 0 Å². The van der Waals surface area contributed by atoms with Crippen LogP contribution in [-0.2, 0) is 56.4 Å². The first-order valence-corrected chi connectivity index (χ1v) is 25.1. The van der Waals surface area contributed by atoms with Crippen molar-refractivity contribution in [3.63, 3.8) is 0 Å². The number of phosphoric ester groups is 3. The molecule has 8 atom stereocenters. The number of nitrogen functional groups attached to an aromatic ring is 1. The number of nitrogens with one attached hydrogen (secondary N) is 2. The zero-order chi connectivity index (χ0) is 45.4. The second kappa shape index (κ2) is 21.5. The lowest BCUT2D eigenvalue weighted by Gasteiger charge is -2.30. The van der Waals surface area contributed by atoms with Crippen molar-refractivity contribution >= 4 is 92.2 Å². The van der Waals surface area contributed by atoms with Crippen molar-refractivity contribution in [3.05, 3.63) is 30.2 Å². The van der Waals surface area contributed by atoms with Gasteiger partial charge in [-0.05, 0) is 18.4 Å². The van der Waals surface area contributed by atoms with Gasteiger partial charge in [-0.3, -0.25) is 32.5 Å². The smallest absolute Gasteiger partial charge is 0.392 e. The first-order valence-electron chi connectivity index (χ1n) is 17.7. The number of phosphoric acid groups is 3. The van der Waals surface area contributed by atoms with Crippen LogP contribution in [0.1, 0.15) is 33.6 Å². The Hall–Kier alpha value is -2.43. The summed E-state index contributed by atoms with van der Waals surface area (Å²) in [6.07, 6.45) is -6.45. The number of hydrogen-bond acceptors (Lipinski definition) is 21. The predicted octanol–water partition coefficient (Wildman–Crippen LogP) is 0.444. The van der Waals surface area contributed by atoms with Gasteiger partial charge < -0.3 is 56.0 Å². The maximum absolute atomic E-state index is 12.8. The van der Waals surface area contributed by atoms with Crippen LogP contribution in [-0.4, -0.2) is 140 Å². The molecule has 0 bridgehead atoms. The number of imidazole rings is 1. The number of thiophene rings is 1. The third kappa shape index (κ3) is 15.1. The highest BCUT2D eigenvalue weighted by molar-refractivity contribution is 8.13. The van der Waals surface area contributed by atoms with E-state index in [0.717, 1.165) is 33.2 Å². The fourth-order valence-corrected chi connectivity index (χ4v) is 10.7. The fraction of sp³-hybridized carbons (Fsp3) is 0.600. The highest BCUT2D eigenvalue weighted by Gasteiger charge is 2.57. The minimum atomic E-state index is -5.61. The quantitative estimate of drug-likeness (QED) is 0.0331. The molecule has 0 radical (unpaired) electrons. The Morgan fingerprint density at radius 2 is 1.79 bits per heavy atom. The fourth-order valence-electron chi connectivity index (χ4n) is 5.44. The van der Waals surface area contributed by atoms with E-state index in [1.54, 1.807) is 0 Å². The van der Waals surface area contributed by atoms with Crippen molar-refractivity contribution in [1.29, 1.82) is 0 Å². The molecule has 2 amide bonds. The molecule has 11 N–H and O–H groups in total. The number of anilines is 1. The molecule has 4 heterocycles. The molecule has 25 nitrogen and oxygen atoms in total. The number of rotatable bonds is 24. The number of aliphatic hydroxyl groups excluding tert-OH is 3. The molecule has 3 aromatic rings. The summed E-state index contributed by atoms with van der Waals surface area (Å²) in [7, 11) is -16.5. The monoisotopic (exact) mass is 981 g/mol. The van der Waals surface area contributed by atoms with Gasteiger partial charge in [0, 0.05) is 42.9 Å². The van der Waals surface area contributed by atoms with Gasteiger partial charge in [-0.2, -0.15) is 4.31 Å². The lowest BCUT2D eigenvalue weighted by Crippen LogP contribution is -2.46. The summed E-state index contributed by atoms with van der Waals surface area (Å²) in [6, 6.07) is 3.80. The van der Waals surface area contributed by atoms with Crippen LogP contribution < -0.4 is 16.4 Å². The highest BCUT2D eigenvalue weighted by atomic mass is 32.2. The summed E-state index contributed by atoms with van der Waals surface area (Å²) < 4.78 is 63.8. The second-order valence-corrected chi connectivity index (χ2v) is 21.6. The van der Waals surface area contributed by atoms with Gasteiger partial charge >= 0.3 is 23.5 Å². The van der Waals surface area contributed by atoms with Crippen LogP contribution >= 0.6 is 58.3 Å². The number of carbonyl (C=O) groups is 3. The van der Waals surface area contributed by atoms with E-state index in [-0.39, 0.29) is 53.8 Å². The number of thioether (sulfide) groups is 2. The molecule has 1 aliphatic rings. The largest absolute Gasteiger partial charge is 0.481 e. The molecule has 0 aromatic carbocycles. The molecule has 61 heavy (non-hydrogen) atoms. The van der Waals surface area contributed by atoms with Gasteiger partial charge in [0.1, 0.15) is 36.3 Å². The van der Waals surface area contributed by atoms with E-state index in [1.165, 1.54) is 43.9 Å². The topological polar surface area (TPSA) is 384 Å². The Bertz CT molecular complexity index is 2130. The Kier molecular flexibility index (Phi) is 18.0. The Balaban J connectivity index is 1.20. The molecular weight excluding hydrogens is 935 g/mol. The molecule has 1 aliphatic heterocycles. The summed E-state index contributed by atoms with van der Waals surface area (Å²) in [4.78, 5) is 88.3. The molecular formula is C30H46N7O18P3S3. The number of fused-ring (bicyclic) bond motifs is 1. The molecule has 1 saturated heterocycles. The van der Waals surface area contributed by atoms with Crippen LogP contribution in [0, 0.1) is 5.41 Å². The van der Waals surface area contributed by atoms with Crippen LogP contribution in [0.25, 0.3) is 11.2 Å². The third-order valence-electron chi connectivity index (χ3n) is 8.57. The van der Waals surface area contributed by atoms with E-state index in [4.69, 9.17) is 24.0 Å². The standard InChI is InChI=1S/C30H46N7O18P3S3/c1-29(2,25(42)28(43)33-7-6-19(39)32-8-10-59-20(40)11-17(38)13-61-21-5-4-9-60-21)14-52-58(49,50)55-57(47,48)51-12-18-23(54-56(44,45)46)24(41)30(3,53-18)37-16-36-22-26(31)34-15-35-27(22)37/h4-5,9,15-18,23-25,38,41-42H,6-8,10-14H2,1-3H3,(H,32,39)(H,33,43)(H,47,48)(H,49,50)(H2,31,34,35)(H2,44,45,46). The van der Waals surface area contributed by atoms with Crippen molar-refractivity contribution < 1.29 is 85.6 Å². The lowest BCUT2D eigenvalue weighted by molar-refractivity contribution is -0.137. The molecule has 4 rings (SSSR count). The SMILES string of the molecule is CC(C)(COP(=O)(O)OP(=O)(O)OCC1OC(C)(n2cnc3c(N)ncnc32)C(O)C1OP(=O)(O)O)C(O)C(=O)NCCC(=O)NCCSC(=O)CC(O)CSc1cccs1. The number of hydrogen-bond donors (Lipinski definition) is 10. The average Bonchev–Trinajstić information content (AvgIpc) is 3.90. The minimum Gasteiger partial charge on any atom is -0.392 e. The summed E-state index contributed by atoms with van der Waals surface area (Å²) >= 11 is 3.94. The number of carbonyl (C=O) groups excluding carboxylic acids is 3. The van der Waals surface area contributed by atoms with Crippen molar-refractivity contribution in [2.24, 2.45) is 5.41 Å². The Morgan fingerprint density at radius 1 is 1.08 bits per heavy atom. The van der Waals surface area contributed by atoms with Crippen LogP contribution in [0.3, 0.4) is 0 Å². The van der Waals surface area contributed by atoms with Gasteiger partial charge in [-0.15, -0.1) is 23.1 Å². The van der Waals surface area contributed by atoms with Gasteiger partial charge in [0.2, 0.25) is 11.8 Å². The minimum absolute atomic E-state index is 0.0135. The van der Waals surface area contributed by atoms with E-state index in [0.29, 0.717) is 5.75 Å². The van der Waals surface area contributed by atoms with Crippen LogP contribution in [0.4, 0.5) is 5.82 Å². The number of nitrogens with zero attached hydrogens (tertiary/aromatic N) is 4. The van der Waals surface area contributed by atoms with Crippen LogP contribution in [0.2, 0.25) is 0 Å². The molecule has 31 heteroatoms. The Morgan fingerprint density at radius 3 is 2.46 bits per heavy atom. The first-order chi connectivity index (χ1) is 28.3. The summed E-state index contributed by atoms with van der Waals surface area (Å²) in [5.41, 5.74) is 2.27.